The van der Waals surface area contributed by atoms with Crippen molar-refractivity contribution in [3.8, 4) is 0 Å². The maximum Gasteiger partial charge on any atom is 0.193 e. The smallest absolute Gasteiger partial charge is 0.193 e. The summed E-state index contributed by atoms with van der Waals surface area (Å²) in [5.74, 6) is 1.94. The quantitative estimate of drug-likeness (QED) is 0.616. The van der Waals surface area contributed by atoms with E-state index < -0.39 is 0 Å². The third-order valence-electron chi connectivity index (χ3n) is 3.84. The third-order valence-corrected chi connectivity index (χ3v) is 4.78. The average Bonchev–Trinajstić information content (AvgIpc) is 2.96. The molecule has 2 unspecified atom stereocenters. The minimum atomic E-state index is 0.657. The predicted molar refractivity (Wildman–Crippen MR) is 88.6 cm³/mol. The first-order valence-corrected chi connectivity index (χ1v) is 8.67. The van der Waals surface area contributed by atoms with Crippen molar-refractivity contribution >= 4 is 17.3 Å². The molecule has 1 aliphatic rings. The van der Waals surface area contributed by atoms with Crippen LogP contribution in [0.25, 0.3) is 0 Å². The first kappa shape index (κ1) is 15.4. The second kappa shape index (κ2) is 7.67. The Kier molecular flexibility index (Phi) is 5.89. The first-order chi connectivity index (χ1) is 9.74. The van der Waals surface area contributed by atoms with Crippen molar-refractivity contribution in [3.63, 3.8) is 0 Å². The van der Waals surface area contributed by atoms with E-state index in [0.717, 1.165) is 31.4 Å². The van der Waals surface area contributed by atoms with Gasteiger partial charge >= 0.3 is 0 Å². The normalized spacial score (nSPS) is 21.9. The molecule has 20 heavy (non-hydrogen) atoms. The zero-order valence-electron chi connectivity index (χ0n) is 12.9. The number of nitrogens with one attached hydrogen (secondary N) is 1. The summed E-state index contributed by atoms with van der Waals surface area (Å²) in [4.78, 5) is 8.35. The van der Waals surface area contributed by atoms with E-state index in [4.69, 9.17) is 0 Å². The van der Waals surface area contributed by atoms with Crippen LogP contribution in [0, 0.1) is 5.92 Å². The lowest BCUT2D eigenvalue weighted by atomic mass is 10.2. The van der Waals surface area contributed by atoms with Gasteiger partial charge in [0, 0.05) is 31.1 Å². The van der Waals surface area contributed by atoms with E-state index in [2.05, 4.69) is 53.6 Å². The van der Waals surface area contributed by atoms with Crippen LogP contribution in [0.15, 0.2) is 22.5 Å². The van der Waals surface area contributed by atoms with Crippen LogP contribution in [0.3, 0.4) is 0 Å². The highest BCUT2D eigenvalue weighted by Gasteiger charge is 2.37. The molecule has 0 aliphatic heterocycles. The highest BCUT2D eigenvalue weighted by Crippen LogP contribution is 2.34. The van der Waals surface area contributed by atoms with Crippen LogP contribution in [0.1, 0.15) is 38.0 Å². The van der Waals surface area contributed by atoms with E-state index >= 15 is 0 Å². The second-order valence-corrected chi connectivity index (χ2v) is 6.62. The molecule has 0 saturated heterocycles. The molecule has 1 N–H and O–H groups in total. The Morgan fingerprint density at radius 3 is 3.00 bits per heavy atom. The minimum absolute atomic E-state index is 0.657. The van der Waals surface area contributed by atoms with Gasteiger partial charge in [-0.05, 0) is 43.6 Å². The van der Waals surface area contributed by atoms with Crippen LogP contribution in [0.4, 0.5) is 0 Å². The van der Waals surface area contributed by atoms with E-state index in [9.17, 15) is 0 Å². The largest absolute Gasteiger partial charge is 0.353 e. The zero-order chi connectivity index (χ0) is 14.4. The average molecular weight is 293 g/mol. The van der Waals surface area contributed by atoms with Crippen molar-refractivity contribution in [2.24, 2.45) is 10.9 Å². The summed E-state index contributed by atoms with van der Waals surface area (Å²) in [6.07, 6.45) is 5.05. The van der Waals surface area contributed by atoms with Gasteiger partial charge in [-0.25, -0.2) is 0 Å². The SMILES string of the molecule is CCCC1CC1NC(=NCC)N(C)CCc1cccs1. The van der Waals surface area contributed by atoms with Crippen molar-refractivity contribution in [3.05, 3.63) is 22.4 Å². The summed E-state index contributed by atoms with van der Waals surface area (Å²) >= 11 is 1.84. The van der Waals surface area contributed by atoms with Crippen molar-refractivity contribution in [1.82, 2.24) is 10.2 Å². The van der Waals surface area contributed by atoms with Crippen molar-refractivity contribution in [2.75, 3.05) is 20.1 Å². The van der Waals surface area contributed by atoms with Crippen LogP contribution in [-0.4, -0.2) is 37.0 Å². The molecule has 1 aromatic heterocycles. The molecule has 0 amide bonds. The zero-order valence-corrected chi connectivity index (χ0v) is 13.7. The molecule has 1 fully saturated rings. The fourth-order valence-corrected chi connectivity index (χ4v) is 3.24. The lowest BCUT2D eigenvalue weighted by molar-refractivity contribution is 0.481. The molecule has 2 rings (SSSR count). The number of thiophene rings is 1. The molecular weight excluding hydrogens is 266 g/mol. The molecule has 0 bridgehead atoms. The van der Waals surface area contributed by atoms with E-state index in [1.807, 2.05) is 11.3 Å². The van der Waals surface area contributed by atoms with Gasteiger partial charge in [-0.3, -0.25) is 4.99 Å². The van der Waals surface area contributed by atoms with Crippen LogP contribution in [0.2, 0.25) is 0 Å². The number of hydrogen-bond donors (Lipinski definition) is 1. The maximum absolute atomic E-state index is 4.63. The summed E-state index contributed by atoms with van der Waals surface area (Å²) < 4.78 is 0. The van der Waals surface area contributed by atoms with Gasteiger partial charge in [-0.15, -0.1) is 11.3 Å². The lowest BCUT2D eigenvalue weighted by Crippen LogP contribution is -2.41. The molecule has 1 saturated carbocycles. The Morgan fingerprint density at radius 2 is 2.35 bits per heavy atom. The van der Waals surface area contributed by atoms with Gasteiger partial charge in [0.15, 0.2) is 5.96 Å². The summed E-state index contributed by atoms with van der Waals surface area (Å²) in [6, 6.07) is 4.99. The number of hydrogen-bond acceptors (Lipinski definition) is 2. The minimum Gasteiger partial charge on any atom is -0.353 e. The Bertz CT molecular complexity index is 413. The van der Waals surface area contributed by atoms with E-state index in [1.165, 1.54) is 24.1 Å². The molecule has 4 heteroatoms. The second-order valence-electron chi connectivity index (χ2n) is 5.58. The standard InChI is InChI=1S/C16H27N3S/c1-4-7-13-12-15(13)18-16(17-5-2)19(3)10-9-14-8-6-11-20-14/h6,8,11,13,15H,4-5,7,9-10,12H2,1-3H3,(H,17,18). The molecule has 0 aromatic carbocycles. The van der Waals surface area contributed by atoms with Gasteiger partial charge in [-0.1, -0.05) is 19.4 Å². The summed E-state index contributed by atoms with van der Waals surface area (Å²) in [5, 5.41) is 5.78. The van der Waals surface area contributed by atoms with Crippen molar-refractivity contribution in [1.29, 1.82) is 0 Å². The van der Waals surface area contributed by atoms with Crippen molar-refractivity contribution < 1.29 is 0 Å². The van der Waals surface area contributed by atoms with Crippen LogP contribution < -0.4 is 5.32 Å². The Balaban J connectivity index is 1.80. The topological polar surface area (TPSA) is 27.6 Å². The van der Waals surface area contributed by atoms with Gasteiger partial charge in [0.25, 0.3) is 0 Å². The molecule has 0 spiro atoms. The highest BCUT2D eigenvalue weighted by atomic mass is 32.1. The fourth-order valence-electron chi connectivity index (χ4n) is 2.54. The number of guanidine groups is 1. The molecule has 2 atom stereocenters. The number of likely N-dealkylation sites (N-methyl/N-ethyl adjacent to an activating group) is 1. The molecule has 112 valence electrons. The highest BCUT2D eigenvalue weighted by molar-refractivity contribution is 7.09. The number of nitrogens with zero attached hydrogens (tertiary/aromatic N) is 2. The van der Waals surface area contributed by atoms with E-state index in [0.29, 0.717) is 6.04 Å². The molecule has 1 aromatic rings. The monoisotopic (exact) mass is 293 g/mol. The Morgan fingerprint density at radius 1 is 1.50 bits per heavy atom. The van der Waals surface area contributed by atoms with Gasteiger partial charge in [-0.2, -0.15) is 0 Å². The fraction of sp³-hybridized carbons (Fsp3) is 0.688. The Hall–Kier alpha value is -1.03. The molecule has 0 radical (unpaired) electrons. The third kappa shape index (κ3) is 4.51. The lowest BCUT2D eigenvalue weighted by Gasteiger charge is -2.22. The molecule has 1 heterocycles. The summed E-state index contributed by atoms with van der Waals surface area (Å²) in [6.45, 7) is 6.24. The van der Waals surface area contributed by atoms with Crippen molar-refractivity contribution in [2.45, 2.75) is 45.6 Å². The van der Waals surface area contributed by atoms with Gasteiger partial charge in [0.05, 0.1) is 0 Å². The first-order valence-electron chi connectivity index (χ1n) is 7.79. The molecular formula is C16H27N3S. The van der Waals surface area contributed by atoms with E-state index in [1.54, 1.807) is 0 Å². The van der Waals surface area contributed by atoms with Crippen LogP contribution in [-0.2, 0) is 6.42 Å². The van der Waals surface area contributed by atoms with E-state index in [-0.39, 0.29) is 0 Å². The molecule has 1 aliphatic carbocycles. The van der Waals surface area contributed by atoms with Crippen LogP contribution >= 0.6 is 11.3 Å². The molecule has 3 nitrogen and oxygen atoms in total. The Labute approximate surface area is 127 Å². The summed E-state index contributed by atoms with van der Waals surface area (Å²) in [5.41, 5.74) is 0. The van der Waals surface area contributed by atoms with Crippen LogP contribution in [0.5, 0.6) is 0 Å². The van der Waals surface area contributed by atoms with Gasteiger partial charge in [0.2, 0.25) is 0 Å². The van der Waals surface area contributed by atoms with Gasteiger partial charge in [0.1, 0.15) is 0 Å². The predicted octanol–water partition coefficient (Wildman–Crippen LogP) is 3.38. The van der Waals surface area contributed by atoms with Gasteiger partial charge < -0.3 is 10.2 Å². The number of rotatable bonds is 7. The summed E-state index contributed by atoms with van der Waals surface area (Å²) in [7, 11) is 2.15. The number of aliphatic imine (C=N–C) groups is 1. The maximum atomic E-state index is 4.63.